The average Bonchev–Trinajstić information content (AvgIpc) is 3.29. The van der Waals surface area contributed by atoms with Gasteiger partial charge in [-0.2, -0.15) is 10.5 Å². The summed E-state index contributed by atoms with van der Waals surface area (Å²) in [6, 6.07) is 29.9. The fourth-order valence-electron chi connectivity index (χ4n) is 7.02. The van der Waals surface area contributed by atoms with Crippen molar-refractivity contribution in [3.63, 3.8) is 0 Å². The molecule has 0 aliphatic carbocycles. The maximum Gasteiger partial charge on any atom is 0.338 e. The number of hydrazine groups is 2. The Balaban J connectivity index is 0.000000368. The maximum atomic E-state index is 12.8. The van der Waals surface area contributed by atoms with E-state index in [9.17, 15) is 19.2 Å². The highest BCUT2D eigenvalue weighted by molar-refractivity contribution is 6.00. The molecule has 318 valence electrons. The van der Waals surface area contributed by atoms with Gasteiger partial charge in [0.1, 0.15) is 0 Å². The van der Waals surface area contributed by atoms with Gasteiger partial charge in [-0.3, -0.25) is 31.5 Å². The molecule has 4 aromatic rings. The van der Waals surface area contributed by atoms with Gasteiger partial charge in [-0.05, 0) is 129 Å². The minimum Gasteiger partial charge on any atom is -0.465 e. The topological polar surface area (TPSA) is 273 Å². The van der Waals surface area contributed by atoms with Crippen molar-refractivity contribution in [3.05, 3.63) is 141 Å². The summed E-state index contributed by atoms with van der Waals surface area (Å²) in [7, 11) is 1.34. The number of esters is 1. The minimum absolute atomic E-state index is 0. The largest absolute Gasteiger partial charge is 0.465 e. The SMILES string of the molecule is CCO.COC(=O)c1cc(C(=O)N2CCC(c3ccc(C#N)cc3)CC2)ccc1C.Cc1ccc(C(=O)N2CCC(c3ccc(C#N)cc3)CC2)cc1C(=O)NN.NN.O. The second kappa shape index (κ2) is 25.1. The zero-order chi connectivity index (χ0) is 43.5. The molecule has 0 saturated carbocycles. The van der Waals surface area contributed by atoms with E-state index in [0.717, 1.165) is 36.8 Å². The summed E-state index contributed by atoms with van der Waals surface area (Å²) in [4.78, 5) is 53.0. The number of methoxy groups -OCH3 is 1. The Morgan fingerprint density at radius 1 is 0.700 bits per heavy atom. The van der Waals surface area contributed by atoms with Crippen molar-refractivity contribution in [2.24, 2.45) is 17.5 Å². The number of nitrogen functional groups attached to an aromatic ring is 1. The molecule has 4 aromatic carbocycles. The molecule has 0 bridgehead atoms. The summed E-state index contributed by atoms with van der Waals surface area (Å²) in [5.74, 6) is 13.0. The lowest BCUT2D eigenvalue weighted by Crippen LogP contribution is -2.38. The first kappa shape index (κ1) is 49.7. The van der Waals surface area contributed by atoms with Gasteiger partial charge in [-0.25, -0.2) is 10.6 Å². The summed E-state index contributed by atoms with van der Waals surface area (Å²) >= 11 is 0. The van der Waals surface area contributed by atoms with Crippen molar-refractivity contribution in [1.29, 1.82) is 10.5 Å². The lowest BCUT2D eigenvalue weighted by molar-refractivity contribution is 0.0599. The van der Waals surface area contributed by atoms with Crippen molar-refractivity contribution in [2.75, 3.05) is 39.9 Å². The third-order valence-corrected chi connectivity index (χ3v) is 10.3. The summed E-state index contributed by atoms with van der Waals surface area (Å²) in [5.41, 5.74) is 9.26. The number of benzene rings is 4. The van der Waals surface area contributed by atoms with Crippen LogP contribution in [0.3, 0.4) is 0 Å². The Hall–Kier alpha value is -6.46. The number of ether oxygens (including phenoxy) is 1. The van der Waals surface area contributed by atoms with Crippen molar-refractivity contribution < 1.29 is 34.5 Å². The number of nitrogens with zero attached hydrogens (tertiary/aromatic N) is 4. The zero-order valence-corrected chi connectivity index (χ0v) is 34.6. The second-order valence-corrected chi connectivity index (χ2v) is 13.9. The molecule has 3 amide bonds. The first-order valence-corrected chi connectivity index (χ1v) is 19.3. The van der Waals surface area contributed by atoms with Gasteiger partial charge in [0.05, 0.1) is 35.9 Å². The van der Waals surface area contributed by atoms with Gasteiger partial charge in [0.25, 0.3) is 17.7 Å². The fraction of sp³-hybridized carbons (Fsp3) is 0.333. The Morgan fingerprint density at radius 2 is 1.05 bits per heavy atom. The fourth-order valence-corrected chi connectivity index (χ4v) is 7.02. The lowest BCUT2D eigenvalue weighted by Gasteiger charge is -2.32. The summed E-state index contributed by atoms with van der Waals surface area (Å²) < 4.78 is 4.79. The van der Waals surface area contributed by atoms with Crippen LogP contribution in [-0.2, 0) is 4.74 Å². The van der Waals surface area contributed by atoms with Gasteiger partial charge in [0.15, 0.2) is 0 Å². The monoisotopic (exact) mass is 820 g/mol. The number of likely N-dealkylation sites (tertiary alicyclic amines) is 2. The van der Waals surface area contributed by atoms with Crippen LogP contribution in [0.2, 0.25) is 0 Å². The Morgan fingerprint density at radius 3 is 1.38 bits per heavy atom. The van der Waals surface area contributed by atoms with Crippen LogP contribution >= 0.6 is 0 Å². The van der Waals surface area contributed by atoms with Crippen LogP contribution in [0.15, 0.2) is 84.9 Å². The molecule has 10 N–H and O–H groups in total. The average molecular weight is 821 g/mol. The molecule has 15 heteroatoms. The minimum atomic E-state index is -0.429. The van der Waals surface area contributed by atoms with Crippen molar-refractivity contribution in [1.82, 2.24) is 15.2 Å². The number of carbonyl (C=O) groups is 4. The van der Waals surface area contributed by atoms with Crippen LogP contribution in [-0.4, -0.2) is 84.0 Å². The van der Waals surface area contributed by atoms with E-state index in [1.54, 1.807) is 43.3 Å². The van der Waals surface area contributed by atoms with E-state index in [-0.39, 0.29) is 23.9 Å². The molecule has 2 aliphatic heterocycles. The van der Waals surface area contributed by atoms with Gasteiger partial charge >= 0.3 is 5.97 Å². The summed E-state index contributed by atoms with van der Waals surface area (Å²) in [6.07, 6.45) is 3.51. The molecule has 6 rings (SSSR count). The molecule has 2 saturated heterocycles. The number of nitrogens with two attached hydrogens (primary N) is 3. The van der Waals surface area contributed by atoms with Crippen LogP contribution in [0, 0.1) is 36.5 Å². The van der Waals surface area contributed by atoms with Gasteiger partial charge < -0.3 is 25.1 Å². The molecule has 0 radical (unpaired) electrons. The molecule has 0 unspecified atom stereocenters. The number of hydrogen-bond donors (Lipinski definition) is 5. The van der Waals surface area contributed by atoms with Gasteiger partial charge in [0.2, 0.25) is 0 Å². The number of nitriles is 2. The maximum absolute atomic E-state index is 12.8. The molecule has 0 aromatic heterocycles. The number of nitrogens with one attached hydrogen (secondary N) is 1. The zero-order valence-electron chi connectivity index (χ0n) is 34.6. The molecular weight excluding hydrogens is 765 g/mol. The normalized spacial score (nSPS) is 13.4. The van der Waals surface area contributed by atoms with E-state index in [4.69, 9.17) is 26.2 Å². The van der Waals surface area contributed by atoms with Crippen LogP contribution in [0.4, 0.5) is 0 Å². The number of aryl methyl sites for hydroxylation is 2. The third kappa shape index (κ3) is 13.3. The van der Waals surface area contributed by atoms with Crippen molar-refractivity contribution in [2.45, 2.75) is 58.3 Å². The highest BCUT2D eigenvalue weighted by Crippen LogP contribution is 2.30. The second-order valence-electron chi connectivity index (χ2n) is 13.9. The van der Waals surface area contributed by atoms with E-state index < -0.39 is 11.9 Å². The molecule has 0 spiro atoms. The highest BCUT2D eigenvalue weighted by atomic mass is 16.5. The predicted octanol–water partition coefficient (Wildman–Crippen LogP) is 4.16. The summed E-state index contributed by atoms with van der Waals surface area (Å²) in [5, 5.41) is 25.4. The molecular formula is C45H56N8O7. The third-order valence-electron chi connectivity index (χ3n) is 10.3. The quantitative estimate of drug-likeness (QED) is 0.0797. The standard InChI is InChI=1S/C22H22N2O3.C21H22N4O2.C2H6O.H4N2.H2O/c1-15-3-6-19(13-20(15)22(26)27-2)21(25)24-11-9-18(10-12-24)17-7-4-16(14-23)5-8-17;1-14-2-5-18(12-19(14)20(26)24-23)21(27)25-10-8-17(9-11-25)16-6-3-15(13-22)4-7-16;1-2-3;1-2;/h3-8,13,18H,9-12H2,1-2H3;2-7,12,17H,8-11,23H2,1H3,(H,24,26);3H,2H2,1H3;1-2H2;1H2. The van der Waals surface area contributed by atoms with Gasteiger partial charge in [-0.15, -0.1) is 0 Å². The van der Waals surface area contributed by atoms with E-state index >= 15 is 0 Å². The highest BCUT2D eigenvalue weighted by Gasteiger charge is 2.27. The van der Waals surface area contributed by atoms with E-state index in [2.05, 4.69) is 29.2 Å². The molecule has 0 atom stereocenters. The van der Waals surface area contributed by atoms with Crippen molar-refractivity contribution >= 4 is 23.7 Å². The number of carbonyl (C=O) groups excluding carboxylic acids is 4. The van der Waals surface area contributed by atoms with Crippen LogP contribution in [0.25, 0.3) is 0 Å². The Labute approximate surface area is 351 Å². The molecule has 2 fully saturated rings. The van der Waals surface area contributed by atoms with E-state index in [0.29, 0.717) is 71.4 Å². The summed E-state index contributed by atoms with van der Waals surface area (Å²) in [6.45, 7) is 8.23. The van der Waals surface area contributed by atoms with Crippen molar-refractivity contribution in [3.8, 4) is 12.1 Å². The lowest BCUT2D eigenvalue weighted by atomic mass is 9.89. The molecule has 2 aliphatic rings. The molecule has 60 heavy (non-hydrogen) atoms. The smallest absolute Gasteiger partial charge is 0.338 e. The van der Waals surface area contributed by atoms with Crippen LogP contribution < -0.4 is 23.0 Å². The van der Waals surface area contributed by atoms with E-state index in [1.165, 1.54) is 18.2 Å². The predicted molar refractivity (Wildman–Crippen MR) is 228 cm³/mol. The number of piperidine rings is 2. The first-order valence-electron chi connectivity index (χ1n) is 19.3. The first-order chi connectivity index (χ1) is 28.5. The van der Waals surface area contributed by atoms with Crippen LogP contribution in [0.5, 0.6) is 0 Å². The Bertz CT molecular complexity index is 1960. The number of aliphatic hydroxyl groups excluding tert-OH is 1. The van der Waals surface area contributed by atoms with Gasteiger partial charge in [0, 0.05) is 49.5 Å². The number of rotatable bonds is 6. The molecule has 2 heterocycles. The Kier molecular flexibility index (Phi) is 20.8. The molecule has 15 nitrogen and oxygen atoms in total. The number of hydrogen-bond acceptors (Lipinski definition) is 11. The van der Waals surface area contributed by atoms with Crippen LogP contribution in [0.1, 0.15) is 119 Å². The van der Waals surface area contributed by atoms with Gasteiger partial charge in [-0.1, -0.05) is 36.4 Å². The number of aliphatic hydroxyl groups is 1. The van der Waals surface area contributed by atoms with E-state index in [1.807, 2.05) is 72.2 Å². The number of amides is 3.